The van der Waals surface area contributed by atoms with Crippen molar-refractivity contribution < 1.29 is 31.9 Å². The highest BCUT2D eigenvalue weighted by atomic mass is 32.2. The first kappa shape index (κ1) is 21.2. The van der Waals surface area contributed by atoms with Crippen molar-refractivity contribution in [2.45, 2.75) is 11.8 Å². The van der Waals surface area contributed by atoms with E-state index in [1.807, 2.05) is 4.72 Å². The number of hydrogen-bond donors (Lipinski definition) is 2. The van der Waals surface area contributed by atoms with Gasteiger partial charge in [-0.1, -0.05) is 18.2 Å². The fraction of sp³-hybridized carbons (Fsp3) is 0.167. The number of rotatable bonds is 8. The van der Waals surface area contributed by atoms with Crippen LogP contribution in [0.3, 0.4) is 0 Å². The van der Waals surface area contributed by atoms with Crippen molar-refractivity contribution in [3.63, 3.8) is 0 Å². The van der Waals surface area contributed by atoms with Gasteiger partial charge in [-0.3, -0.25) is 14.4 Å². The molecule has 0 saturated heterocycles. The predicted molar refractivity (Wildman–Crippen MR) is 97.6 cm³/mol. The van der Waals surface area contributed by atoms with Crippen molar-refractivity contribution in [1.29, 1.82) is 0 Å². The van der Waals surface area contributed by atoms with E-state index in [9.17, 15) is 27.2 Å². The molecule has 0 aliphatic rings. The van der Waals surface area contributed by atoms with E-state index < -0.39 is 40.9 Å². The summed E-state index contributed by atoms with van der Waals surface area (Å²) in [5, 5.41) is 2.45. The van der Waals surface area contributed by atoms with Crippen molar-refractivity contribution in [3.8, 4) is 0 Å². The minimum Gasteiger partial charge on any atom is -0.455 e. The number of amides is 1. The number of ether oxygens (including phenoxy) is 1. The number of nitrogens with one attached hydrogen (secondary N) is 2. The van der Waals surface area contributed by atoms with Gasteiger partial charge in [0.2, 0.25) is 10.0 Å². The second-order valence-corrected chi connectivity index (χ2v) is 7.39. The van der Waals surface area contributed by atoms with E-state index in [4.69, 9.17) is 0 Å². The van der Waals surface area contributed by atoms with Gasteiger partial charge in [0.1, 0.15) is 12.4 Å². The molecule has 0 fully saturated rings. The summed E-state index contributed by atoms with van der Waals surface area (Å²) >= 11 is 0. The minimum atomic E-state index is -4.10. The number of anilines is 1. The van der Waals surface area contributed by atoms with Crippen LogP contribution in [0, 0.1) is 5.82 Å². The van der Waals surface area contributed by atoms with Gasteiger partial charge in [-0.15, -0.1) is 0 Å². The lowest BCUT2D eigenvalue weighted by Crippen LogP contribution is -2.32. The Kier molecular flexibility index (Phi) is 6.96. The fourth-order valence-electron chi connectivity index (χ4n) is 2.08. The van der Waals surface area contributed by atoms with Crippen LogP contribution in [0.4, 0.5) is 10.1 Å². The van der Waals surface area contributed by atoms with Crippen molar-refractivity contribution in [1.82, 2.24) is 4.72 Å². The van der Waals surface area contributed by atoms with E-state index in [1.54, 1.807) is 18.2 Å². The van der Waals surface area contributed by atoms with E-state index in [1.165, 1.54) is 25.1 Å². The Morgan fingerprint density at radius 2 is 1.79 bits per heavy atom. The highest BCUT2D eigenvalue weighted by Crippen LogP contribution is 2.11. The number of esters is 1. The summed E-state index contributed by atoms with van der Waals surface area (Å²) in [5.41, 5.74) is 0.752. The minimum absolute atomic E-state index is 0.173. The van der Waals surface area contributed by atoms with Crippen LogP contribution in [0.15, 0.2) is 53.4 Å². The van der Waals surface area contributed by atoms with Gasteiger partial charge in [0.25, 0.3) is 5.91 Å². The second-order valence-electron chi connectivity index (χ2n) is 5.63. The van der Waals surface area contributed by atoms with Gasteiger partial charge in [-0.05, 0) is 37.3 Å². The zero-order valence-electron chi connectivity index (χ0n) is 14.8. The van der Waals surface area contributed by atoms with E-state index in [0.29, 0.717) is 11.3 Å². The highest BCUT2D eigenvalue weighted by Gasteiger charge is 2.17. The summed E-state index contributed by atoms with van der Waals surface area (Å²) < 4.78 is 43.7. The molecule has 10 heteroatoms. The maximum absolute atomic E-state index is 13.1. The number of hydrogen-bond acceptors (Lipinski definition) is 6. The maximum atomic E-state index is 13.1. The Bertz CT molecular complexity index is 1010. The lowest BCUT2D eigenvalue weighted by atomic mass is 10.1. The molecule has 0 bridgehead atoms. The van der Waals surface area contributed by atoms with Crippen molar-refractivity contribution in [2.75, 3.05) is 18.5 Å². The molecule has 0 spiro atoms. The van der Waals surface area contributed by atoms with Gasteiger partial charge in [-0.25, -0.2) is 12.8 Å². The van der Waals surface area contributed by atoms with Gasteiger partial charge in [0, 0.05) is 11.3 Å². The molecule has 0 saturated carbocycles. The molecule has 0 unspecified atom stereocenters. The van der Waals surface area contributed by atoms with Crippen LogP contribution in [0.1, 0.15) is 17.3 Å². The number of sulfonamides is 1. The second kappa shape index (κ2) is 9.20. The quantitative estimate of drug-likeness (QED) is 0.505. The monoisotopic (exact) mass is 408 g/mol. The largest absolute Gasteiger partial charge is 0.455 e. The zero-order chi connectivity index (χ0) is 20.7. The fourth-order valence-corrected chi connectivity index (χ4v) is 3.08. The van der Waals surface area contributed by atoms with Crippen LogP contribution in [0.2, 0.25) is 0 Å². The van der Waals surface area contributed by atoms with Crippen LogP contribution in [0.5, 0.6) is 0 Å². The Labute approximate surface area is 160 Å². The van der Waals surface area contributed by atoms with Gasteiger partial charge < -0.3 is 10.1 Å². The molecule has 2 aromatic rings. The lowest BCUT2D eigenvalue weighted by Gasteiger charge is -2.09. The summed E-state index contributed by atoms with van der Waals surface area (Å²) in [6, 6.07) is 10.5. The summed E-state index contributed by atoms with van der Waals surface area (Å²) in [7, 11) is -4.10. The van der Waals surface area contributed by atoms with Gasteiger partial charge in [-0.2, -0.15) is 4.72 Å². The Morgan fingerprint density at radius 1 is 1.07 bits per heavy atom. The molecule has 2 rings (SSSR count). The van der Waals surface area contributed by atoms with Crippen LogP contribution in [-0.4, -0.2) is 39.2 Å². The van der Waals surface area contributed by atoms with E-state index in [-0.39, 0.29) is 10.7 Å². The summed E-state index contributed by atoms with van der Waals surface area (Å²) in [6.45, 7) is 0.00433. The van der Waals surface area contributed by atoms with Crippen LogP contribution in [-0.2, 0) is 24.3 Å². The number of carbonyl (C=O) groups excluding carboxylic acids is 3. The number of halogens is 1. The molecule has 148 valence electrons. The van der Waals surface area contributed by atoms with Crippen molar-refractivity contribution in [3.05, 3.63) is 59.9 Å². The molecule has 0 heterocycles. The Balaban J connectivity index is 1.83. The van der Waals surface area contributed by atoms with E-state index in [0.717, 1.165) is 12.1 Å². The molecular weight excluding hydrogens is 391 g/mol. The maximum Gasteiger partial charge on any atom is 0.321 e. The topological polar surface area (TPSA) is 119 Å². The molecule has 1 amide bonds. The van der Waals surface area contributed by atoms with Gasteiger partial charge >= 0.3 is 5.97 Å². The smallest absolute Gasteiger partial charge is 0.321 e. The summed E-state index contributed by atoms with van der Waals surface area (Å²) in [5.74, 6) is -2.57. The highest BCUT2D eigenvalue weighted by molar-refractivity contribution is 7.89. The van der Waals surface area contributed by atoms with Gasteiger partial charge in [0.05, 0.1) is 4.90 Å². The standard InChI is InChI=1S/C18H17FN2O6S/c1-12(22)13-4-2-6-15(8-13)21-17(23)11-27-18(24)10-20-28(25,26)16-7-3-5-14(19)9-16/h2-9,20H,10-11H2,1H3,(H,21,23). The van der Waals surface area contributed by atoms with Crippen LogP contribution >= 0.6 is 0 Å². The first-order valence-corrected chi connectivity index (χ1v) is 9.47. The number of carbonyl (C=O) groups is 3. The average molecular weight is 408 g/mol. The molecule has 0 atom stereocenters. The molecule has 0 aromatic heterocycles. The third kappa shape index (κ3) is 6.25. The first-order valence-electron chi connectivity index (χ1n) is 7.99. The van der Waals surface area contributed by atoms with E-state index >= 15 is 0 Å². The van der Waals surface area contributed by atoms with Crippen LogP contribution < -0.4 is 10.0 Å². The first-order chi connectivity index (χ1) is 13.2. The molecule has 0 aliphatic carbocycles. The molecule has 28 heavy (non-hydrogen) atoms. The van der Waals surface area contributed by atoms with Crippen LogP contribution in [0.25, 0.3) is 0 Å². The molecule has 2 aromatic carbocycles. The molecule has 0 aliphatic heterocycles. The predicted octanol–water partition coefficient (Wildman–Crippen LogP) is 1.49. The third-order valence-corrected chi connectivity index (χ3v) is 4.83. The number of benzene rings is 2. The normalized spacial score (nSPS) is 10.9. The summed E-state index contributed by atoms with van der Waals surface area (Å²) in [4.78, 5) is 34.4. The van der Waals surface area contributed by atoms with Crippen molar-refractivity contribution >= 4 is 33.4 Å². The Morgan fingerprint density at radius 3 is 2.46 bits per heavy atom. The Hall–Kier alpha value is -3.11. The number of ketones is 1. The molecule has 0 radical (unpaired) electrons. The van der Waals surface area contributed by atoms with Gasteiger partial charge in [0.15, 0.2) is 12.4 Å². The van der Waals surface area contributed by atoms with Crippen molar-refractivity contribution in [2.24, 2.45) is 0 Å². The molecule has 8 nitrogen and oxygen atoms in total. The average Bonchev–Trinajstić information content (AvgIpc) is 2.65. The van der Waals surface area contributed by atoms with E-state index in [2.05, 4.69) is 10.1 Å². The SMILES string of the molecule is CC(=O)c1cccc(NC(=O)COC(=O)CNS(=O)(=O)c2cccc(F)c2)c1. The third-order valence-electron chi connectivity index (χ3n) is 3.43. The lowest BCUT2D eigenvalue weighted by molar-refractivity contribution is -0.146. The summed E-state index contributed by atoms with van der Waals surface area (Å²) in [6.07, 6.45) is 0. The molecular formula is C18H17FN2O6S. The zero-order valence-corrected chi connectivity index (χ0v) is 15.6. The molecule has 2 N–H and O–H groups in total. The number of Topliss-reactive ketones (excluding diaryl/α,β-unsaturated/α-hetero) is 1.